The Hall–Kier alpha value is -2.64. The van der Waals surface area contributed by atoms with E-state index < -0.39 is 4.92 Å². The third kappa shape index (κ3) is 3.18. The van der Waals surface area contributed by atoms with Gasteiger partial charge in [-0.1, -0.05) is 0 Å². The molecule has 0 amide bonds. The highest BCUT2D eigenvalue weighted by Gasteiger charge is 2.14. The number of nitro groups is 1. The zero-order valence-corrected chi connectivity index (χ0v) is 10.3. The van der Waals surface area contributed by atoms with E-state index in [1.807, 2.05) is 0 Å². The number of benzene rings is 1. The predicted molar refractivity (Wildman–Crippen MR) is 68.2 cm³/mol. The van der Waals surface area contributed by atoms with Crippen LogP contribution in [0.3, 0.4) is 0 Å². The van der Waals surface area contributed by atoms with Gasteiger partial charge in [0, 0.05) is 13.0 Å². The summed E-state index contributed by atoms with van der Waals surface area (Å²) in [4.78, 5) is 14.5. The lowest BCUT2D eigenvalue weighted by atomic mass is 10.2. The number of hydrogen-bond donors (Lipinski definition) is 2. The molecular formula is C11H13N5O3. The fourth-order valence-corrected chi connectivity index (χ4v) is 1.61. The second-order valence-electron chi connectivity index (χ2n) is 3.75. The van der Waals surface area contributed by atoms with Gasteiger partial charge in [0.2, 0.25) is 0 Å². The molecule has 1 aromatic heterocycles. The van der Waals surface area contributed by atoms with Gasteiger partial charge >= 0.3 is 0 Å². The summed E-state index contributed by atoms with van der Waals surface area (Å²) in [7, 11) is 1.47. The van der Waals surface area contributed by atoms with Crippen molar-refractivity contribution < 1.29 is 9.66 Å². The fraction of sp³-hybridized carbons (Fsp3) is 0.273. The van der Waals surface area contributed by atoms with E-state index in [1.54, 1.807) is 12.1 Å². The zero-order chi connectivity index (χ0) is 13.7. The van der Waals surface area contributed by atoms with Gasteiger partial charge in [-0.25, -0.2) is 4.98 Å². The summed E-state index contributed by atoms with van der Waals surface area (Å²) < 4.78 is 4.97. The number of ether oxygens (including phenoxy) is 1. The molecule has 0 saturated heterocycles. The number of methoxy groups -OCH3 is 1. The minimum absolute atomic E-state index is 0.0167. The summed E-state index contributed by atoms with van der Waals surface area (Å²) in [6, 6.07) is 4.68. The first kappa shape index (κ1) is 12.8. The molecule has 8 nitrogen and oxygen atoms in total. The molecule has 100 valence electrons. The Kier molecular flexibility index (Phi) is 3.91. The van der Waals surface area contributed by atoms with E-state index in [2.05, 4.69) is 20.5 Å². The number of rotatable bonds is 6. The summed E-state index contributed by atoms with van der Waals surface area (Å²) in [5.41, 5.74) is 0.433. The number of H-pyrrole nitrogens is 1. The summed E-state index contributed by atoms with van der Waals surface area (Å²) in [6.07, 6.45) is 2.02. The van der Waals surface area contributed by atoms with Crippen molar-refractivity contribution in [3.05, 3.63) is 40.5 Å². The zero-order valence-electron chi connectivity index (χ0n) is 10.3. The number of aromatic nitrogens is 3. The molecule has 0 aliphatic heterocycles. The maximum absolute atomic E-state index is 11.0. The molecule has 0 saturated carbocycles. The van der Waals surface area contributed by atoms with E-state index in [0.717, 1.165) is 5.82 Å². The van der Waals surface area contributed by atoms with Gasteiger partial charge in [0.05, 0.1) is 18.1 Å². The lowest BCUT2D eigenvalue weighted by Crippen LogP contribution is -2.08. The van der Waals surface area contributed by atoms with Crippen LogP contribution in [0.4, 0.5) is 11.4 Å². The first-order valence-electron chi connectivity index (χ1n) is 5.61. The van der Waals surface area contributed by atoms with Crippen molar-refractivity contribution in [1.29, 1.82) is 0 Å². The van der Waals surface area contributed by atoms with Crippen molar-refractivity contribution in [1.82, 2.24) is 15.2 Å². The van der Waals surface area contributed by atoms with Gasteiger partial charge in [-0.3, -0.25) is 15.2 Å². The van der Waals surface area contributed by atoms with Crippen molar-refractivity contribution >= 4 is 11.4 Å². The highest BCUT2D eigenvalue weighted by Crippen LogP contribution is 2.28. The Morgan fingerprint density at radius 3 is 3.00 bits per heavy atom. The largest absolute Gasteiger partial charge is 0.496 e. The number of nitrogens with zero attached hydrogens (tertiary/aromatic N) is 3. The average Bonchev–Trinajstić information content (AvgIpc) is 2.92. The molecule has 0 aliphatic rings. The number of hydrogen-bond acceptors (Lipinski definition) is 6. The van der Waals surface area contributed by atoms with E-state index >= 15 is 0 Å². The Bertz CT molecular complexity index is 555. The number of nitrogens with one attached hydrogen (secondary N) is 2. The Morgan fingerprint density at radius 1 is 1.53 bits per heavy atom. The molecule has 0 unspecified atom stereocenters. The molecule has 0 fully saturated rings. The van der Waals surface area contributed by atoms with Crippen molar-refractivity contribution in [2.45, 2.75) is 6.42 Å². The van der Waals surface area contributed by atoms with Crippen molar-refractivity contribution in [2.75, 3.05) is 19.0 Å². The van der Waals surface area contributed by atoms with Gasteiger partial charge in [-0.2, -0.15) is 5.10 Å². The monoisotopic (exact) mass is 263 g/mol. The molecule has 0 spiro atoms. The van der Waals surface area contributed by atoms with Crippen LogP contribution in [0.25, 0.3) is 0 Å². The SMILES string of the molecule is COc1ccc(NCCc2ncn[nH]2)c([N+](=O)[O-])c1. The van der Waals surface area contributed by atoms with Gasteiger partial charge in [-0.05, 0) is 12.1 Å². The smallest absolute Gasteiger partial charge is 0.296 e. The van der Waals surface area contributed by atoms with Crippen LogP contribution in [0.5, 0.6) is 5.75 Å². The van der Waals surface area contributed by atoms with E-state index in [1.165, 1.54) is 19.5 Å². The van der Waals surface area contributed by atoms with Gasteiger partial charge < -0.3 is 10.1 Å². The molecule has 2 N–H and O–H groups in total. The van der Waals surface area contributed by atoms with Gasteiger partial charge in [0.15, 0.2) is 0 Å². The van der Waals surface area contributed by atoms with Crippen molar-refractivity contribution in [2.24, 2.45) is 0 Å². The molecule has 2 aromatic rings. The second-order valence-corrected chi connectivity index (χ2v) is 3.75. The molecule has 8 heteroatoms. The second kappa shape index (κ2) is 5.80. The van der Waals surface area contributed by atoms with E-state index in [-0.39, 0.29) is 5.69 Å². The molecule has 1 heterocycles. The molecule has 2 rings (SSSR count). The van der Waals surface area contributed by atoms with Crippen LogP contribution < -0.4 is 10.1 Å². The third-order valence-corrected chi connectivity index (χ3v) is 2.54. The van der Waals surface area contributed by atoms with Crippen molar-refractivity contribution in [3.8, 4) is 5.75 Å². The third-order valence-electron chi connectivity index (χ3n) is 2.54. The van der Waals surface area contributed by atoms with Crippen LogP contribution in [-0.2, 0) is 6.42 Å². The van der Waals surface area contributed by atoms with Gasteiger partial charge in [-0.15, -0.1) is 0 Å². The van der Waals surface area contributed by atoms with Crippen LogP contribution in [0.2, 0.25) is 0 Å². The highest BCUT2D eigenvalue weighted by atomic mass is 16.6. The van der Waals surface area contributed by atoms with E-state index in [9.17, 15) is 10.1 Å². The first-order chi connectivity index (χ1) is 9.20. The van der Waals surface area contributed by atoms with E-state index in [0.29, 0.717) is 24.4 Å². The fourth-order valence-electron chi connectivity index (χ4n) is 1.61. The average molecular weight is 263 g/mol. The lowest BCUT2D eigenvalue weighted by Gasteiger charge is -2.07. The molecule has 19 heavy (non-hydrogen) atoms. The predicted octanol–water partition coefficient (Wildman–Crippen LogP) is 1.38. The highest BCUT2D eigenvalue weighted by molar-refractivity contribution is 5.63. The normalized spacial score (nSPS) is 10.2. The maximum atomic E-state index is 11.0. The Labute approximate surface area is 109 Å². The Morgan fingerprint density at radius 2 is 2.37 bits per heavy atom. The van der Waals surface area contributed by atoms with Crippen LogP contribution >= 0.6 is 0 Å². The standard InChI is InChI=1S/C11H13N5O3/c1-19-8-2-3-9(10(6-8)16(17)18)12-5-4-11-13-7-14-15-11/h2-3,6-7,12H,4-5H2,1H3,(H,13,14,15). The van der Waals surface area contributed by atoms with Crippen molar-refractivity contribution in [3.63, 3.8) is 0 Å². The minimum atomic E-state index is -0.445. The molecule has 1 aromatic carbocycles. The quantitative estimate of drug-likeness (QED) is 0.602. The molecule has 0 radical (unpaired) electrons. The topological polar surface area (TPSA) is 106 Å². The number of aromatic amines is 1. The molecule has 0 aliphatic carbocycles. The lowest BCUT2D eigenvalue weighted by molar-refractivity contribution is -0.384. The van der Waals surface area contributed by atoms with Crippen LogP contribution in [0.15, 0.2) is 24.5 Å². The maximum Gasteiger partial charge on any atom is 0.296 e. The first-order valence-corrected chi connectivity index (χ1v) is 5.61. The Balaban J connectivity index is 2.04. The summed E-state index contributed by atoms with van der Waals surface area (Å²) >= 11 is 0. The van der Waals surface area contributed by atoms with Crippen LogP contribution in [0, 0.1) is 10.1 Å². The number of nitro benzene ring substituents is 1. The summed E-state index contributed by atoms with van der Waals surface area (Å²) in [5, 5.41) is 20.4. The van der Waals surface area contributed by atoms with Crippen LogP contribution in [-0.4, -0.2) is 33.8 Å². The molecular weight excluding hydrogens is 250 g/mol. The van der Waals surface area contributed by atoms with Gasteiger partial charge in [0.1, 0.15) is 23.6 Å². The van der Waals surface area contributed by atoms with E-state index in [4.69, 9.17) is 4.74 Å². The molecule has 0 atom stereocenters. The number of anilines is 1. The van der Waals surface area contributed by atoms with Crippen LogP contribution in [0.1, 0.15) is 5.82 Å². The minimum Gasteiger partial charge on any atom is -0.496 e. The summed E-state index contributed by atoms with van der Waals surface area (Å²) in [5.74, 6) is 1.18. The van der Waals surface area contributed by atoms with Gasteiger partial charge in [0.25, 0.3) is 5.69 Å². The molecule has 0 bridgehead atoms. The summed E-state index contributed by atoms with van der Waals surface area (Å²) in [6.45, 7) is 0.516.